The van der Waals surface area contributed by atoms with Crippen LogP contribution in [0.4, 0.5) is 17.5 Å². The summed E-state index contributed by atoms with van der Waals surface area (Å²) in [5.74, 6) is 1.44. The van der Waals surface area contributed by atoms with Gasteiger partial charge in [0.05, 0.1) is 1.93 Å². The van der Waals surface area contributed by atoms with Gasteiger partial charge in [0.25, 0.3) is 0 Å². The lowest BCUT2D eigenvalue weighted by molar-refractivity contribution is 0.375. The van der Waals surface area contributed by atoms with Crippen LogP contribution in [0.3, 0.4) is 0 Å². The molecule has 0 spiro atoms. The molecule has 2 aromatic rings. The third kappa shape index (κ3) is 13.7. The van der Waals surface area contributed by atoms with E-state index in [2.05, 4.69) is 72.7 Å². The fourth-order valence-corrected chi connectivity index (χ4v) is 1.41. The Kier molecular flexibility index (Phi) is 13.4. The fraction of sp³-hybridized carbons (Fsp3) is 0.375. The number of alkyl halides is 2. The molecular formula is C16H25I2N4O3P. The lowest BCUT2D eigenvalue weighted by Gasteiger charge is -2.07. The van der Waals surface area contributed by atoms with E-state index in [0.29, 0.717) is 5.95 Å². The van der Waals surface area contributed by atoms with Gasteiger partial charge in [-0.2, -0.15) is 4.98 Å². The zero-order valence-electron chi connectivity index (χ0n) is 15.1. The van der Waals surface area contributed by atoms with Gasteiger partial charge >= 0.3 is 7.60 Å². The van der Waals surface area contributed by atoms with Crippen LogP contribution in [-0.2, 0) is 4.57 Å². The SMILES string of the molecule is CC(I)I.CCP(=O)(O)O.CNc1nc(Nc2ccccc2)ncc1C. The van der Waals surface area contributed by atoms with Gasteiger partial charge in [-0.25, -0.2) is 4.98 Å². The number of para-hydroxylation sites is 1. The van der Waals surface area contributed by atoms with E-state index in [-0.39, 0.29) is 6.16 Å². The topological polar surface area (TPSA) is 107 Å². The van der Waals surface area contributed by atoms with Crippen molar-refractivity contribution in [2.45, 2.75) is 22.7 Å². The molecule has 0 atom stereocenters. The van der Waals surface area contributed by atoms with Crippen molar-refractivity contribution in [3.05, 3.63) is 42.1 Å². The molecule has 0 saturated heterocycles. The molecule has 0 amide bonds. The Morgan fingerprint density at radius 2 is 1.73 bits per heavy atom. The average Bonchev–Trinajstić information content (AvgIpc) is 2.57. The molecule has 0 saturated carbocycles. The average molecular weight is 606 g/mol. The second-order valence-electron chi connectivity index (χ2n) is 4.97. The van der Waals surface area contributed by atoms with Crippen molar-refractivity contribution in [3.63, 3.8) is 0 Å². The Morgan fingerprint density at radius 1 is 1.23 bits per heavy atom. The van der Waals surface area contributed by atoms with Gasteiger partial charge in [0, 0.05) is 30.7 Å². The Bertz CT molecular complexity index is 682. The highest BCUT2D eigenvalue weighted by atomic mass is 127. The monoisotopic (exact) mass is 606 g/mol. The number of halogens is 2. The highest BCUT2D eigenvalue weighted by Gasteiger charge is 2.05. The van der Waals surface area contributed by atoms with Crippen molar-refractivity contribution < 1.29 is 14.4 Å². The highest BCUT2D eigenvalue weighted by Crippen LogP contribution is 2.32. The van der Waals surface area contributed by atoms with Gasteiger partial charge in [0.2, 0.25) is 5.95 Å². The van der Waals surface area contributed by atoms with Gasteiger partial charge < -0.3 is 20.4 Å². The summed E-state index contributed by atoms with van der Waals surface area (Å²) in [6.07, 6.45) is 1.73. The first kappa shape index (κ1) is 25.5. The van der Waals surface area contributed by atoms with Gasteiger partial charge in [0.15, 0.2) is 0 Å². The molecule has 1 aromatic heterocycles. The first-order chi connectivity index (χ1) is 12.1. The Morgan fingerprint density at radius 3 is 2.15 bits per heavy atom. The number of hydrogen-bond donors (Lipinski definition) is 4. The van der Waals surface area contributed by atoms with Crippen LogP contribution in [0.15, 0.2) is 36.5 Å². The molecule has 146 valence electrons. The molecule has 0 radical (unpaired) electrons. The number of nitrogens with zero attached hydrogens (tertiary/aromatic N) is 2. The van der Waals surface area contributed by atoms with E-state index in [1.54, 1.807) is 6.20 Å². The van der Waals surface area contributed by atoms with Crippen LogP contribution in [-0.4, -0.2) is 34.9 Å². The molecule has 1 heterocycles. The van der Waals surface area contributed by atoms with Crippen molar-refractivity contribution >= 4 is 70.2 Å². The van der Waals surface area contributed by atoms with Crippen LogP contribution >= 0.6 is 52.8 Å². The highest BCUT2D eigenvalue weighted by molar-refractivity contribution is 14.2. The summed E-state index contributed by atoms with van der Waals surface area (Å²) in [4.78, 5) is 24.4. The molecule has 2 rings (SSSR count). The Balaban J connectivity index is 0.000000522. The lowest BCUT2D eigenvalue weighted by Crippen LogP contribution is -2.02. The number of benzene rings is 1. The number of anilines is 3. The number of nitrogens with one attached hydrogen (secondary N) is 2. The zero-order chi connectivity index (χ0) is 20.2. The normalized spacial score (nSPS) is 10.2. The van der Waals surface area contributed by atoms with Gasteiger partial charge in [-0.3, -0.25) is 4.57 Å². The third-order valence-electron chi connectivity index (χ3n) is 2.65. The van der Waals surface area contributed by atoms with E-state index in [4.69, 9.17) is 9.79 Å². The van der Waals surface area contributed by atoms with Crippen LogP contribution in [0.1, 0.15) is 19.4 Å². The summed E-state index contributed by atoms with van der Waals surface area (Å²) in [6.45, 7) is 5.56. The van der Waals surface area contributed by atoms with Crippen molar-refractivity contribution in [1.82, 2.24) is 9.97 Å². The summed E-state index contributed by atoms with van der Waals surface area (Å²) < 4.78 is 10.5. The van der Waals surface area contributed by atoms with E-state index < -0.39 is 7.60 Å². The standard InChI is InChI=1S/C12H14N4.C2H4I2.C2H7O3P/c1-9-8-14-12(16-11(9)13-2)15-10-6-4-3-5-7-10;1-2(3)4;1-2-6(3,4)5/h3-8H,1-2H3,(H2,13,14,15,16);2H,1H3;2H2,1H3,(H2,3,4,5). The molecule has 26 heavy (non-hydrogen) atoms. The van der Waals surface area contributed by atoms with Crippen molar-refractivity contribution in [3.8, 4) is 0 Å². The summed E-state index contributed by atoms with van der Waals surface area (Å²) in [7, 11) is -1.80. The Labute approximate surface area is 182 Å². The van der Waals surface area contributed by atoms with E-state index in [9.17, 15) is 4.57 Å². The minimum atomic E-state index is -3.65. The molecule has 4 N–H and O–H groups in total. The molecule has 1 aromatic carbocycles. The van der Waals surface area contributed by atoms with Crippen LogP contribution in [0.5, 0.6) is 0 Å². The summed E-state index contributed by atoms with van der Waals surface area (Å²) in [5.41, 5.74) is 2.01. The molecule has 0 unspecified atom stereocenters. The van der Waals surface area contributed by atoms with Gasteiger partial charge in [0.1, 0.15) is 5.82 Å². The molecule has 0 aliphatic heterocycles. The zero-order valence-corrected chi connectivity index (χ0v) is 20.4. The maximum Gasteiger partial charge on any atom is 0.325 e. The predicted molar refractivity (Wildman–Crippen MR) is 126 cm³/mol. The minimum Gasteiger partial charge on any atom is -0.373 e. The summed E-state index contributed by atoms with van der Waals surface area (Å²) in [5, 5.41) is 6.17. The largest absolute Gasteiger partial charge is 0.373 e. The molecule has 0 bridgehead atoms. The first-order valence-electron chi connectivity index (χ1n) is 7.75. The van der Waals surface area contributed by atoms with Gasteiger partial charge in [-0.15, -0.1) is 0 Å². The molecule has 0 fully saturated rings. The number of rotatable bonds is 4. The van der Waals surface area contributed by atoms with Crippen LogP contribution < -0.4 is 10.6 Å². The first-order valence-corrected chi connectivity index (χ1v) is 12.0. The maximum atomic E-state index is 9.69. The van der Waals surface area contributed by atoms with Gasteiger partial charge in [-0.1, -0.05) is 70.3 Å². The number of aromatic nitrogens is 2. The number of aryl methyl sites for hydroxylation is 1. The number of hydrogen-bond acceptors (Lipinski definition) is 5. The second-order valence-corrected chi connectivity index (χ2v) is 13.0. The van der Waals surface area contributed by atoms with Crippen LogP contribution in [0.2, 0.25) is 0 Å². The van der Waals surface area contributed by atoms with Gasteiger partial charge in [-0.05, 0) is 26.0 Å². The van der Waals surface area contributed by atoms with Crippen molar-refractivity contribution in [2.24, 2.45) is 0 Å². The molecule has 7 nitrogen and oxygen atoms in total. The summed E-state index contributed by atoms with van der Waals surface area (Å²) in [6, 6.07) is 9.86. The fourth-order valence-electron chi connectivity index (χ4n) is 1.41. The second kappa shape index (κ2) is 13.6. The predicted octanol–water partition coefficient (Wildman–Crippen LogP) is 4.96. The Hall–Kier alpha value is -0.490. The smallest absolute Gasteiger partial charge is 0.325 e. The molecule has 0 aliphatic carbocycles. The minimum absolute atomic E-state index is 0.0625. The molecule has 0 aliphatic rings. The molecular weight excluding hydrogens is 581 g/mol. The van der Waals surface area contributed by atoms with E-state index in [1.807, 2.05) is 44.3 Å². The van der Waals surface area contributed by atoms with E-state index >= 15 is 0 Å². The summed E-state index contributed by atoms with van der Waals surface area (Å²) >= 11 is 4.66. The van der Waals surface area contributed by atoms with Crippen LogP contribution in [0, 0.1) is 6.92 Å². The van der Waals surface area contributed by atoms with Crippen molar-refractivity contribution in [2.75, 3.05) is 23.8 Å². The van der Waals surface area contributed by atoms with E-state index in [0.717, 1.165) is 19.0 Å². The lowest BCUT2D eigenvalue weighted by atomic mass is 10.3. The van der Waals surface area contributed by atoms with Crippen molar-refractivity contribution in [1.29, 1.82) is 0 Å². The third-order valence-corrected chi connectivity index (χ3v) is 3.47. The van der Waals surface area contributed by atoms with Crippen LogP contribution in [0.25, 0.3) is 0 Å². The quantitative estimate of drug-likeness (QED) is 0.222. The maximum absolute atomic E-state index is 9.69. The molecule has 10 heteroatoms. The van der Waals surface area contributed by atoms with E-state index in [1.165, 1.54) is 6.92 Å².